The van der Waals surface area contributed by atoms with Crippen LogP contribution in [0.25, 0.3) is 11.5 Å². The van der Waals surface area contributed by atoms with Gasteiger partial charge < -0.3 is 14.2 Å². The van der Waals surface area contributed by atoms with E-state index in [1.807, 2.05) is 0 Å². The molecular formula is C15H22N5O3+. The van der Waals surface area contributed by atoms with Crippen LogP contribution in [0.3, 0.4) is 0 Å². The predicted molar refractivity (Wildman–Crippen MR) is 84.6 cm³/mol. The van der Waals surface area contributed by atoms with Crippen LogP contribution in [0.15, 0.2) is 27.2 Å². The van der Waals surface area contributed by atoms with Crippen molar-refractivity contribution in [3.63, 3.8) is 0 Å². The summed E-state index contributed by atoms with van der Waals surface area (Å²) in [4.78, 5) is 15.2. The van der Waals surface area contributed by atoms with E-state index in [-0.39, 0.29) is 11.9 Å². The van der Waals surface area contributed by atoms with Crippen LogP contribution in [-0.2, 0) is 11.3 Å². The molecule has 3 N–H and O–H groups in total. The van der Waals surface area contributed by atoms with Crippen LogP contribution in [0, 0.1) is 0 Å². The number of hydrogen-bond acceptors (Lipinski definition) is 6. The molecule has 8 nitrogen and oxygen atoms in total. The van der Waals surface area contributed by atoms with Gasteiger partial charge in [0.2, 0.25) is 5.91 Å². The van der Waals surface area contributed by atoms with Crippen LogP contribution in [0.2, 0.25) is 0 Å². The minimum atomic E-state index is -0.116. The molecule has 0 aliphatic heterocycles. The first-order valence-electron chi connectivity index (χ1n) is 7.43. The lowest BCUT2D eigenvalue weighted by Gasteiger charge is -2.13. The van der Waals surface area contributed by atoms with Crippen LogP contribution in [0.4, 0.5) is 6.01 Å². The van der Waals surface area contributed by atoms with Crippen LogP contribution in [-0.4, -0.2) is 34.0 Å². The first-order chi connectivity index (χ1) is 11.0. The largest absolute Gasteiger partial charge is 0.529 e. The number of furan rings is 1. The molecule has 0 saturated heterocycles. The van der Waals surface area contributed by atoms with E-state index in [4.69, 9.17) is 14.7 Å². The maximum atomic E-state index is 10.9. The molecule has 2 aromatic heterocycles. The van der Waals surface area contributed by atoms with Crippen LogP contribution >= 0.6 is 0 Å². The zero-order chi connectivity index (χ0) is 16.8. The van der Waals surface area contributed by atoms with Gasteiger partial charge in [-0.05, 0) is 18.6 Å². The number of unbranched alkanes of at least 4 members (excludes halogenated alkanes) is 1. The monoisotopic (exact) mass is 320 g/mol. The number of hydrogen-bond donors (Lipinski definition) is 2. The van der Waals surface area contributed by atoms with Gasteiger partial charge in [0, 0.05) is 11.9 Å². The van der Waals surface area contributed by atoms with Crippen LogP contribution < -0.4 is 11.2 Å². The zero-order valence-corrected chi connectivity index (χ0v) is 13.4. The molecule has 0 aliphatic carbocycles. The van der Waals surface area contributed by atoms with E-state index in [9.17, 15) is 4.79 Å². The molecule has 2 heterocycles. The van der Waals surface area contributed by atoms with Crippen molar-refractivity contribution in [2.75, 3.05) is 6.54 Å². The Bertz CT molecular complexity index is 676. The van der Waals surface area contributed by atoms with Gasteiger partial charge >= 0.3 is 6.01 Å². The van der Waals surface area contributed by atoms with Gasteiger partial charge in [-0.25, -0.2) is 5.84 Å². The summed E-state index contributed by atoms with van der Waals surface area (Å²) in [5.74, 6) is 6.95. The van der Waals surface area contributed by atoms with Crippen molar-refractivity contribution in [3.05, 3.63) is 24.2 Å². The van der Waals surface area contributed by atoms with Crippen molar-refractivity contribution in [1.29, 1.82) is 0 Å². The number of hydrazine groups is 2. The molecule has 0 bridgehead atoms. The molecule has 0 unspecified atom stereocenters. The molecule has 0 spiro atoms. The molecule has 0 aliphatic rings. The molecule has 8 heteroatoms. The van der Waals surface area contributed by atoms with Gasteiger partial charge in [-0.15, -0.1) is 0 Å². The van der Waals surface area contributed by atoms with Crippen molar-refractivity contribution in [1.82, 2.24) is 15.4 Å². The van der Waals surface area contributed by atoms with Crippen molar-refractivity contribution < 1.29 is 18.3 Å². The number of carbonyl (C=O) groups excluding carboxylic acids is 1. The van der Waals surface area contributed by atoms with Crippen LogP contribution in [0.5, 0.6) is 0 Å². The Morgan fingerprint density at radius 3 is 3.00 bits per heavy atom. The minimum Gasteiger partial charge on any atom is -0.455 e. The van der Waals surface area contributed by atoms with E-state index in [2.05, 4.69) is 23.9 Å². The molecule has 0 radical (unpaired) electrons. The highest BCUT2D eigenvalue weighted by molar-refractivity contribution is 5.72. The Labute approximate surface area is 134 Å². The van der Waals surface area contributed by atoms with Crippen molar-refractivity contribution >= 4 is 18.6 Å². The first-order valence-corrected chi connectivity index (χ1v) is 7.43. The average molecular weight is 320 g/mol. The highest BCUT2D eigenvalue weighted by Gasteiger charge is 2.23. The lowest BCUT2D eigenvalue weighted by Crippen LogP contribution is -2.38. The summed E-state index contributed by atoms with van der Waals surface area (Å²) in [5, 5.41) is 4.11. The lowest BCUT2D eigenvalue weighted by molar-refractivity contribution is -0.632. The Balaban J connectivity index is 2.04. The van der Waals surface area contributed by atoms with Gasteiger partial charge in [0.15, 0.2) is 12.0 Å². The second-order valence-electron chi connectivity index (χ2n) is 5.11. The van der Waals surface area contributed by atoms with Gasteiger partial charge in [0.25, 0.3) is 5.69 Å². The SMILES string of the molecule is C=[N+](c1nc(-c2ccc(CNC(C)=O)o2)co1)N(N)CCCC. The third-order valence-electron chi connectivity index (χ3n) is 3.19. The number of nitrogens with one attached hydrogen (secondary N) is 1. The topological polar surface area (TPSA) is 101 Å². The number of aromatic nitrogens is 1. The second-order valence-corrected chi connectivity index (χ2v) is 5.11. The van der Waals surface area contributed by atoms with E-state index < -0.39 is 0 Å². The Hall–Kier alpha value is -2.61. The number of rotatable bonds is 8. The molecule has 2 rings (SSSR count). The second kappa shape index (κ2) is 7.59. The fourth-order valence-corrected chi connectivity index (χ4v) is 1.87. The van der Waals surface area contributed by atoms with E-state index in [1.165, 1.54) is 23.0 Å². The minimum absolute atomic E-state index is 0.116. The molecule has 0 atom stereocenters. The van der Waals surface area contributed by atoms with Crippen molar-refractivity contribution in [3.8, 4) is 11.5 Å². The molecule has 0 fully saturated rings. The van der Waals surface area contributed by atoms with Gasteiger partial charge in [-0.3, -0.25) is 4.79 Å². The smallest absolute Gasteiger partial charge is 0.455 e. The highest BCUT2D eigenvalue weighted by Crippen LogP contribution is 2.24. The fourth-order valence-electron chi connectivity index (χ4n) is 1.87. The number of carbonyl (C=O) groups is 1. The highest BCUT2D eigenvalue weighted by atomic mass is 16.4. The number of nitrogens with zero attached hydrogens (tertiary/aromatic N) is 3. The Morgan fingerprint density at radius 2 is 2.30 bits per heavy atom. The molecule has 0 aromatic carbocycles. The standard InChI is InChI=1S/C15H21N5O3/c1-4-5-8-20(16)19(3)15-18-13(10-22-15)14-7-6-12(23-14)9-17-11(2)21/h6-7,10H,3-5,8-9,16H2,1-2H3/p+1. The molecule has 124 valence electrons. The summed E-state index contributed by atoms with van der Waals surface area (Å²) in [6.07, 6.45) is 3.45. The third kappa shape index (κ3) is 4.43. The van der Waals surface area contributed by atoms with Crippen LogP contribution in [0.1, 0.15) is 32.4 Å². The summed E-state index contributed by atoms with van der Waals surface area (Å²) in [7, 11) is 0. The maximum Gasteiger partial charge on any atom is 0.529 e. The Kier molecular flexibility index (Phi) is 5.53. The van der Waals surface area contributed by atoms with E-state index in [1.54, 1.807) is 12.1 Å². The van der Waals surface area contributed by atoms with E-state index >= 15 is 0 Å². The molecule has 0 saturated carbocycles. The molecular weight excluding hydrogens is 298 g/mol. The van der Waals surface area contributed by atoms with Gasteiger partial charge in [0.1, 0.15) is 5.76 Å². The number of amides is 1. The quantitative estimate of drug-likeness (QED) is 0.333. The summed E-state index contributed by atoms with van der Waals surface area (Å²) in [5.41, 5.74) is 0.534. The van der Waals surface area contributed by atoms with Crippen molar-refractivity contribution in [2.45, 2.75) is 33.2 Å². The van der Waals surface area contributed by atoms with E-state index in [0.717, 1.165) is 12.8 Å². The zero-order valence-electron chi connectivity index (χ0n) is 13.4. The first kappa shape index (κ1) is 16.8. The molecule has 2 aromatic rings. The maximum absolute atomic E-state index is 10.9. The number of nitrogens with two attached hydrogens (primary N) is 1. The fraction of sp³-hybridized carbons (Fsp3) is 0.400. The van der Waals surface area contributed by atoms with Gasteiger partial charge in [-0.2, -0.15) is 5.12 Å². The summed E-state index contributed by atoms with van der Waals surface area (Å²) in [6, 6.07) is 3.82. The molecule has 23 heavy (non-hydrogen) atoms. The van der Waals surface area contributed by atoms with Crippen molar-refractivity contribution in [2.24, 2.45) is 5.84 Å². The van der Waals surface area contributed by atoms with Gasteiger partial charge in [0.05, 0.1) is 19.8 Å². The summed E-state index contributed by atoms with van der Waals surface area (Å²) >= 11 is 0. The molecule has 1 amide bonds. The van der Waals surface area contributed by atoms with Gasteiger partial charge in [-0.1, -0.05) is 18.0 Å². The predicted octanol–water partition coefficient (Wildman–Crippen LogP) is 1.81. The average Bonchev–Trinajstić information content (AvgIpc) is 3.18. The third-order valence-corrected chi connectivity index (χ3v) is 3.19. The lowest BCUT2D eigenvalue weighted by atomic mass is 10.3. The number of oxazole rings is 1. The number of hydrazone groups is 1. The summed E-state index contributed by atoms with van der Waals surface area (Å²) < 4.78 is 12.4. The van der Waals surface area contributed by atoms with E-state index in [0.29, 0.717) is 30.3 Å². The Morgan fingerprint density at radius 1 is 1.52 bits per heavy atom. The normalized spacial score (nSPS) is 10.6. The summed E-state index contributed by atoms with van der Waals surface area (Å²) in [6.45, 7) is 8.34.